The minimum Gasteiger partial charge on any atom is -0.329 e. The first-order valence-electron chi connectivity index (χ1n) is 6.78. The molecule has 2 fully saturated rings. The highest BCUT2D eigenvalue weighted by atomic mass is 32.2. The highest BCUT2D eigenvalue weighted by Gasteiger charge is 2.40. The lowest BCUT2D eigenvalue weighted by Gasteiger charge is -2.39. The SMILES string of the molecule is NCCN(C1CCC1)S(=O)(=O)C1CCS(=O)(=O)CC1. The zero-order chi connectivity index (χ0) is 14.1. The maximum absolute atomic E-state index is 12.6. The Morgan fingerprint density at radius 3 is 2.11 bits per heavy atom. The van der Waals surface area contributed by atoms with Gasteiger partial charge in [-0.25, -0.2) is 16.8 Å². The summed E-state index contributed by atoms with van der Waals surface area (Å²) in [6.45, 7) is 0.650. The quantitative estimate of drug-likeness (QED) is 0.752. The molecule has 0 aromatic carbocycles. The molecule has 1 heterocycles. The Morgan fingerprint density at radius 1 is 1.11 bits per heavy atom. The van der Waals surface area contributed by atoms with Crippen LogP contribution in [0, 0.1) is 0 Å². The normalized spacial score (nSPS) is 25.4. The van der Waals surface area contributed by atoms with Crippen LogP contribution in [0.4, 0.5) is 0 Å². The van der Waals surface area contributed by atoms with E-state index in [1.807, 2.05) is 0 Å². The highest BCUT2D eigenvalue weighted by molar-refractivity contribution is 7.92. The van der Waals surface area contributed by atoms with Crippen molar-refractivity contribution in [2.24, 2.45) is 5.73 Å². The highest BCUT2D eigenvalue weighted by Crippen LogP contribution is 2.31. The first kappa shape index (κ1) is 15.2. The zero-order valence-corrected chi connectivity index (χ0v) is 12.6. The standard InChI is InChI=1S/C11H22N2O4S2/c12-6-7-13(10-2-1-3-10)19(16,17)11-4-8-18(14,15)9-5-11/h10-11H,1-9,12H2. The number of hydrogen-bond acceptors (Lipinski definition) is 5. The maximum atomic E-state index is 12.6. The summed E-state index contributed by atoms with van der Waals surface area (Å²) in [4.78, 5) is 0. The number of hydrogen-bond donors (Lipinski definition) is 1. The van der Waals surface area contributed by atoms with E-state index in [0.717, 1.165) is 19.3 Å². The lowest BCUT2D eigenvalue weighted by molar-refractivity contribution is 0.220. The molecule has 0 aromatic heterocycles. The van der Waals surface area contributed by atoms with Crippen LogP contribution in [-0.4, -0.2) is 57.0 Å². The summed E-state index contributed by atoms with van der Waals surface area (Å²) < 4.78 is 49.5. The summed E-state index contributed by atoms with van der Waals surface area (Å²) in [6.07, 6.45) is 3.28. The Labute approximate surface area is 115 Å². The van der Waals surface area contributed by atoms with Crippen LogP contribution in [0.5, 0.6) is 0 Å². The molecule has 6 nitrogen and oxygen atoms in total. The van der Waals surface area contributed by atoms with E-state index in [1.165, 1.54) is 4.31 Å². The fraction of sp³-hybridized carbons (Fsp3) is 1.00. The van der Waals surface area contributed by atoms with Gasteiger partial charge in [-0.2, -0.15) is 4.31 Å². The second-order valence-electron chi connectivity index (χ2n) is 5.38. The van der Waals surface area contributed by atoms with Crippen LogP contribution in [0.1, 0.15) is 32.1 Å². The second kappa shape index (κ2) is 5.67. The van der Waals surface area contributed by atoms with Crippen molar-refractivity contribution in [1.29, 1.82) is 0 Å². The van der Waals surface area contributed by atoms with Crippen molar-refractivity contribution in [2.45, 2.75) is 43.4 Å². The minimum absolute atomic E-state index is 0.0158. The van der Waals surface area contributed by atoms with E-state index in [1.54, 1.807) is 0 Å². The van der Waals surface area contributed by atoms with Crippen molar-refractivity contribution in [3.05, 3.63) is 0 Å². The van der Waals surface area contributed by atoms with Gasteiger partial charge >= 0.3 is 0 Å². The van der Waals surface area contributed by atoms with Gasteiger partial charge in [0.15, 0.2) is 0 Å². The largest absolute Gasteiger partial charge is 0.329 e. The lowest BCUT2D eigenvalue weighted by atomic mass is 9.93. The van der Waals surface area contributed by atoms with Crippen molar-refractivity contribution < 1.29 is 16.8 Å². The summed E-state index contributed by atoms with van der Waals surface area (Å²) in [5, 5.41) is -0.553. The Balaban J connectivity index is 2.11. The van der Waals surface area contributed by atoms with Crippen LogP contribution in [0.2, 0.25) is 0 Å². The molecule has 112 valence electrons. The molecule has 1 saturated carbocycles. The first-order chi connectivity index (χ1) is 8.87. The Bertz CT molecular complexity index is 497. The second-order valence-corrected chi connectivity index (χ2v) is 9.85. The molecule has 0 radical (unpaired) electrons. The van der Waals surface area contributed by atoms with Crippen LogP contribution < -0.4 is 5.73 Å². The van der Waals surface area contributed by atoms with Gasteiger partial charge in [-0.15, -0.1) is 0 Å². The third kappa shape index (κ3) is 3.29. The molecule has 0 amide bonds. The van der Waals surface area contributed by atoms with E-state index >= 15 is 0 Å². The van der Waals surface area contributed by atoms with Gasteiger partial charge in [-0.3, -0.25) is 0 Å². The molecule has 8 heteroatoms. The third-order valence-electron chi connectivity index (χ3n) is 4.08. The monoisotopic (exact) mass is 310 g/mol. The lowest BCUT2D eigenvalue weighted by Crippen LogP contribution is -2.51. The van der Waals surface area contributed by atoms with Gasteiger partial charge in [-0.1, -0.05) is 6.42 Å². The topological polar surface area (TPSA) is 97.5 Å². The van der Waals surface area contributed by atoms with E-state index in [9.17, 15) is 16.8 Å². The van der Waals surface area contributed by atoms with Gasteiger partial charge in [0.1, 0.15) is 9.84 Å². The zero-order valence-electron chi connectivity index (χ0n) is 11.0. The molecule has 0 aromatic rings. The molecule has 0 unspecified atom stereocenters. The van der Waals surface area contributed by atoms with Gasteiger partial charge in [-0.05, 0) is 25.7 Å². The summed E-state index contributed by atoms with van der Waals surface area (Å²) in [5.41, 5.74) is 5.51. The first-order valence-corrected chi connectivity index (χ1v) is 10.1. The average molecular weight is 310 g/mol. The molecule has 2 aliphatic rings. The molecule has 0 spiro atoms. The number of nitrogens with zero attached hydrogens (tertiary/aromatic N) is 1. The Morgan fingerprint density at radius 2 is 1.68 bits per heavy atom. The van der Waals surface area contributed by atoms with Crippen LogP contribution in [0.3, 0.4) is 0 Å². The van der Waals surface area contributed by atoms with Gasteiger partial charge in [0, 0.05) is 19.1 Å². The smallest absolute Gasteiger partial charge is 0.217 e. The molecule has 0 bridgehead atoms. The Kier molecular flexibility index (Phi) is 4.54. The van der Waals surface area contributed by atoms with Gasteiger partial charge in [0.2, 0.25) is 10.0 Å². The minimum atomic E-state index is -3.41. The predicted octanol–water partition coefficient (Wildman–Crippen LogP) is -0.293. The van der Waals surface area contributed by atoms with Crippen LogP contribution in [-0.2, 0) is 19.9 Å². The third-order valence-corrected chi connectivity index (χ3v) is 8.24. The summed E-state index contributed by atoms with van der Waals surface area (Å²) in [6, 6.07) is 0.0760. The summed E-state index contributed by atoms with van der Waals surface area (Å²) >= 11 is 0. The molecule has 2 N–H and O–H groups in total. The van der Waals surface area contributed by atoms with Crippen LogP contribution in [0.25, 0.3) is 0 Å². The van der Waals surface area contributed by atoms with Crippen molar-refractivity contribution in [3.63, 3.8) is 0 Å². The van der Waals surface area contributed by atoms with E-state index in [4.69, 9.17) is 5.73 Å². The molecule has 1 aliphatic carbocycles. The summed E-state index contributed by atoms with van der Waals surface area (Å²) in [7, 11) is -6.44. The summed E-state index contributed by atoms with van der Waals surface area (Å²) in [5.74, 6) is -0.0317. The molecule has 0 atom stereocenters. The number of sulfone groups is 1. The number of nitrogens with two attached hydrogens (primary N) is 1. The van der Waals surface area contributed by atoms with E-state index < -0.39 is 25.1 Å². The van der Waals surface area contributed by atoms with Gasteiger partial charge < -0.3 is 5.73 Å². The average Bonchev–Trinajstić information content (AvgIpc) is 2.25. The number of sulfonamides is 1. The molecular weight excluding hydrogens is 288 g/mol. The van der Waals surface area contributed by atoms with Crippen molar-refractivity contribution in [1.82, 2.24) is 4.31 Å². The van der Waals surface area contributed by atoms with E-state index in [-0.39, 0.29) is 30.4 Å². The molecule has 19 heavy (non-hydrogen) atoms. The molecule has 1 aliphatic heterocycles. The van der Waals surface area contributed by atoms with E-state index in [2.05, 4.69) is 0 Å². The fourth-order valence-electron chi connectivity index (χ4n) is 2.68. The van der Waals surface area contributed by atoms with Crippen LogP contribution >= 0.6 is 0 Å². The van der Waals surface area contributed by atoms with Crippen molar-refractivity contribution in [3.8, 4) is 0 Å². The molecular formula is C11H22N2O4S2. The fourth-order valence-corrected chi connectivity index (χ4v) is 6.67. The van der Waals surface area contributed by atoms with Crippen LogP contribution in [0.15, 0.2) is 0 Å². The van der Waals surface area contributed by atoms with Gasteiger partial charge in [0.25, 0.3) is 0 Å². The molecule has 2 rings (SSSR count). The molecule has 1 saturated heterocycles. The van der Waals surface area contributed by atoms with Crippen molar-refractivity contribution in [2.75, 3.05) is 24.6 Å². The predicted molar refractivity (Wildman–Crippen MR) is 74.0 cm³/mol. The van der Waals surface area contributed by atoms with Gasteiger partial charge in [0.05, 0.1) is 16.8 Å². The maximum Gasteiger partial charge on any atom is 0.217 e. The van der Waals surface area contributed by atoms with Crippen molar-refractivity contribution >= 4 is 19.9 Å². The Hall–Kier alpha value is -0.180. The van der Waals surface area contributed by atoms with E-state index in [0.29, 0.717) is 13.1 Å². The number of rotatable bonds is 5.